The van der Waals surface area contributed by atoms with Gasteiger partial charge in [0, 0.05) is 13.1 Å². The number of methoxy groups -OCH3 is 1. The summed E-state index contributed by atoms with van der Waals surface area (Å²) < 4.78 is 4.53. The second-order valence-electron chi connectivity index (χ2n) is 2.59. The van der Waals surface area contributed by atoms with Crippen LogP contribution in [-0.2, 0) is 9.53 Å². The first kappa shape index (κ1) is 8.84. The third-order valence-electron chi connectivity index (χ3n) is 1.71. The van der Waals surface area contributed by atoms with Gasteiger partial charge in [-0.2, -0.15) is 0 Å². The summed E-state index contributed by atoms with van der Waals surface area (Å²) in [6.45, 7) is 1.61. The van der Waals surface area contributed by atoms with Crippen molar-refractivity contribution in [3.05, 3.63) is 24.4 Å². The normalized spacial score (nSPS) is 14.9. The van der Waals surface area contributed by atoms with Gasteiger partial charge in [0.1, 0.15) is 0 Å². The molecule has 0 aliphatic carbocycles. The van der Waals surface area contributed by atoms with Crippen LogP contribution in [0.2, 0.25) is 0 Å². The highest BCUT2D eigenvalue weighted by Crippen LogP contribution is 1.99. The van der Waals surface area contributed by atoms with Crippen LogP contribution in [-0.4, -0.2) is 31.1 Å². The fourth-order valence-electron chi connectivity index (χ4n) is 1.01. The highest BCUT2D eigenvalue weighted by Gasteiger charge is 2.03. The van der Waals surface area contributed by atoms with Gasteiger partial charge in [-0.25, -0.2) is 0 Å². The van der Waals surface area contributed by atoms with Crippen molar-refractivity contribution in [3.8, 4) is 0 Å². The number of hydrogen-bond acceptors (Lipinski definition) is 3. The average molecular weight is 167 g/mol. The fraction of sp³-hybridized carbons (Fsp3) is 0.444. The molecule has 12 heavy (non-hydrogen) atoms. The molecule has 1 rings (SSSR count). The molecule has 0 amide bonds. The van der Waals surface area contributed by atoms with Crippen LogP contribution >= 0.6 is 0 Å². The summed E-state index contributed by atoms with van der Waals surface area (Å²) in [5.41, 5.74) is 0. The molecule has 0 radical (unpaired) electrons. The molecule has 0 saturated heterocycles. The zero-order valence-corrected chi connectivity index (χ0v) is 7.19. The van der Waals surface area contributed by atoms with Crippen molar-refractivity contribution >= 4 is 5.97 Å². The zero-order chi connectivity index (χ0) is 8.81. The topological polar surface area (TPSA) is 29.5 Å². The molecule has 0 fully saturated rings. The lowest BCUT2D eigenvalue weighted by atomic mass is 10.3. The molecular weight excluding hydrogens is 154 g/mol. The van der Waals surface area contributed by atoms with E-state index in [1.807, 2.05) is 18.4 Å². The van der Waals surface area contributed by atoms with Gasteiger partial charge in [-0.1, -0.05) is 12.2 Å². The van der Waals surface area contributed by atoms with Gasteiger partial charge < -0.3 is 9.64 Å². The van der Waals surface area contributed by atoms with Gasteiger partial charge in [0.05, 0.1) is 13.5 Å². The molecule has 1 aliphatic heterocycles. The number of nitrogens with zero attached hydrogens (tertiary/aromatic N) is 1. The van der Waals surface area contributed by atoms with Crippen LogP contribution in [0.3, 0.4) is 0 Å². The van der Waals surface area contributed by atoms with E-state index in [9.17, 15) is 4.79 Å². The molecule has 0 aromatic carbocycles. The Bertz CT molecular complexity index is 209. The molecule has 0 aromatic heterocycles. The van der Waals surface area contributed by atoms with Crippen molar-refractivity contribution in [1.82, 2.24) is 4.90 Å². The second kappa shape index (κ2) is 4.59. The van der Waals surface area contributed by atoms with Crippen LogP contribution < -0.4 is 0 Å². The maximum absolute atomic E-state index is 10.8. The zero-order valence-electron chi connectivity index (χ0n) is 7.19. The van der Waals surface area contributed by atoms with Gasteiger partial charge in [-0.05, 0) is 12.3 Å². The summed E-state index contributed by atoms with van der Waals surface area (Å²) in [5.74, 6) is -0.155. The molecule has 0 bridgehead atoms. The quantitative estimate of drug-likeness (QED) is 0.586. The van der Waals surface area contributed by atoms with Crippen molar-refractivity contribution < 1.29 is 9.53 Å². The van der Waals surface area contributed by atoms with Crippen LogP contribution in [0.5, 0.6) is 0 Å². The predicted octanol–water partition coefficient (Wildman–Crippen LogP) is 0.935. The van der Waals surface area contributed by atoms with Crippen molar-refractivity contribution in [2.75, 3.05) is 20.2 Å². The van der Waals surface area contributed by atoms with Crippen molar-refractivity contribution in [2.24, 2.45) is 0 Å². The van der Waals surface area contributed by atoms with E-state index in [1.54, 1.807) is 0 Å². The van der Waals surface area contributed by atoms with Crippen molar-refractivity contribution in [2.45, 2.75) is 6.42 Å². The Morgan fingerprint density at radius 3 is 3.00 bits per heavy atom. The Morgan fingerprint density at radius 2 is 2.42 bits per heavy atom. The Balaban J connectivity index is 2.19. The summed E-state index contributed by atoms with van der Waals surface area (Å²) >= 11 is 0. The van der Waals surface area contributed by atoms with E-state index >= 15 is 0 Å². The smallest absolute Gasteiger partial charge is 0.307 e. The van der Waals surface area contributed by atoms with E-state index in [2.05, 4.69) is 15.7 Å². The van der Waals surface area contributed by atoms with E-state index < -0.39 is 0 Å². The number of esters is 1. The van der Waals surface area contributed by atoms with Crippen LogP contribution in [0.1, 0.15) is 6.42 Å². The SMILES string of the molecule is COC(=O)CCN1C=CC=CC1. The van der Waals surface area contributed by atoms with E-state index in [4.69, 9.17) is 0 Å². The minimum Gasteiger partial charge on any atom is -0.469 e. The highest BCUT2D eigenvalue weighted by molar-refractivity contribution is 5.69. The second-order valence-corrected chi connectivity index (χ2v) is 2.59. The molecule has 1 heterocycles. The monoisotopic (exact) mass is 167 g/mol. The molecule has 0 aromatic rings. The van der Waals surface area contributed by atoms with Crippen LogP contribution in [0, 0.1) is 0 Å². The predicted molar refractivity (Wildman–Crippen MR) is 46.5 cm³/mol. The molecule has 0 spiro atoms. The van der Waals surface area contributed by atoms with Crippen LogP contribution in [0.4, 0.5) is 0 Å². The minimum absolute atomic E-state index is 0.155. The molecule has 0 saturated carbocycles. The van der Waals surface area contributed by atoms with Gasteiger partial charge in [-0.3, -0.25) is 4.79 Å². The van der Waals surface area contributed by atoms with Gasteiger partial charge in [0.25, 0.3) is 0 Å². The Morgan fingerprint density at radius 1 is 1.58 bits per heavy atom. The summed E-state index contributed by atoms with van der Waals surface area (Å²) in [7, 11) is 1.41. The Hall–Kier alpha value is -1.25. The summed E-state index contributed by atoms with van der Waals surface area (Å²) in [5, 5.41) is 0. The van der Waals surface area contributed by atoms with E-state index in [1.165, 1.54) is 7.11 Å². The van der Waals surface area contributed by atoms with E-state index in [-0.39, 0.29) is 5.97 Å². The molecule has 0 unspecified atom stereocenters. The third kappa shape index (κ3) is 2.78. The number of allylic oxidation sites excluding steroid dienone is 2. The summed E-state index contributed by atoms with van der Waals surface area (Å²) in [4.78, 5) is 12.8. The highest BCUT2D eigenvalue weighted by atomic mass is 16.5. The molecule has 0 N–H and O–H groups in total. The third-order valence-corrected chi connectivity index (χ3v) is 1.71. The van der Waals surface area contributed by atoms with E-state index in [0.29, 0.717) is 6.42 Å². The Kier molecular flexibility index (Phi) is 3.38. The lowest BCUT2D eigenvalue weighted by molar-refractivity contribution is -0.140. The van der Waals surface area contributed by atoms with Gasteiger partial charge in [-0.15, -0.1) is 0 Å². The largest absolute Gasteiger partial charge is 0.469 e. The van der Waals surface area contributed by atoms with Gasteiger partial charge in [0.15, 0.2) is 0 Å². The molecule has 1 aliphatic rings. The maximum atomic E-state index is 10.8. The lowest BCUT2D eigenvalue weighted by Crippen LogP contribution is -2.22. The molecule has 66 valence electrons. The van der Waals surface area contributed by atoms with Crippen LogP contribution in [0.25, 0.3) is 0 Å². The van der Waals surface area contributed by atoms with Crippen LogP contribution in [0.15, 0.2) is 24.4 Å². The number of carbonyl (C=O) groups is 1. The first-order valence-corrected chi connectivity index (χ1v) is 3.97. The first-order chi connectivity index (χ1) is 5.83. The fourth-order valence-corrected chi connectivity index (χ4v) is 1.01. The standard InChI is InChI=1S/C9H13NO2/c1-12-9(11)5-8-10-6-3-2-4-7-10/h2-4,6H,5,7-8H2,1H3. The Labute approximate surface area is 72.3 Å². The van der Waals surface area contributed by atoms with Gasteiger partial charge in [0.2, 0.25) is 0 Å². The summed E-state index contributed by atoms with van der Waals surface area (Å²) in [6, 6.07) is 0. The summed E-state index contributed by atoms with van der Waals surface area (Å²) in [6.07, 6.45) is 8.43. The van der Waals surface area contributed by atoms with E-state index in [0.717, 1.165) is 13.1 Å². The van der Waals surface area contributed by atoms with Crippen molar-refractivity contribution in [1.29, 1.82) is 0 Å². The lowest BCUT2D eigenvalue weighted by Gasteiger charge is -2.19. The number of rotatable bonds is 3. The number of hydrogen-bond donors (Lipinski definition) is 0. The molecular formula is C9H13NO2. The molecule has 0 atom stereocenters. The first-order valence-electron chi connectivity index (χ1n) is 3.97. The maximum Gasteiger partial charge on any atom is 0.307 e. The number of ether oxygens (including phenoxy) is 1. The van der Waals surface area contributed by atoms with Gasteiger partial charge >= 0.3 is 5.97 Å². The number of carbonyl (C=O) groups excluding carboxylic acids is 1. The molecule has 3 nitrogen and oxygen atoms in total. The van der Waals surface area contributed by atoms with Crippen molar-refractivity contribution in [3.63, 3.8) is 0 Å². The molecule has 3 heteroatoms. The average Bonchev–Trinajstić information content (AvgIpc) is 2.16. The minimum atomic E-state index is -0.155.